The summed E-state index contributed by atoms with van der Waals surface area (Å²) in [6, 6.07) is 8.97. The Bertz CT molecular complexity index is 1210. The first-order valence-electron chi connectivity index (χ1n) is 9.41. The Morgan fingerprint density at radius 3 is 2.60 bits per heavy atom. The molecule has 5 rings (SSSR count). The highest BCUT2D eigenvalue weighted by molar-refractivity contribution is 9.10. The van der Waals surface area contributed by atoms with E-state index >= 15 is 0 Å². The standard InChI is InChI=1S/C21H17BrClN5O2/c1-12-17(22)18(26(2)25-12)20(30)28-10-9-27-19(29)15-7-8-24-11-16(15)21(27,28)13-3-5-14(23)6-4-13/h3-8,11H,9-10H2,1-2H3. The highest BCUT2D eigenvalue weighted by Gasteiger charge is 2.60. The summed E-state index contributed by atoms with van der Waals surface area (Å²) in [5.74, 6) is -0.329. The minimum absolute atomic E-state index is 0.113. The lowest BCUT2D eigenvalue weighted by molar-refractivity contribution is 0.0367. The van der Waals surface area contributed by atoms with Crippen molar-refractivity contribution in [2.24, 2.45) is 7.05 Å². The van der Waals surface area contributed by atoms with E-state index in [0.29, 0.717) is 39.4 Å². The van der Waals surface area contributed by atoms with Gasteiger partial charge in [0.05, 0.1) is 15.7 Å². The van der Waals surface area contributed by atoms with E-state index in [-0.39, 0.29) is 11.8 Å². The predicted molar refractivity (Wildman–Crippen MR) is 114 cm³/mol. The summed E-state index contributed by atoms with van der Waals surface area (Å²) in [6.07, 6.45) is 3.28. The number of nitrogens with zero attached hydrogens (tertiary/aromatic N) is 5. The van der Waals surface area contributed by atoms with Crippen molar-refractivity contribution in [1.29, 1.82) is 0 Å². The second kappa shape index (κ2) is 6.65. The highest BCUT2D eigenvalue weighted by Crippen LogP contribution is 2.50. The van der Waals surface area contributed by atoms with E-state index in [2.05, 4.69) is 26.0 Å². The van der Waals surface area contributed by atoms with E-state index in [4.69, 9.17) is 11.6 Å². The zero-order chi connectivity index (χ0) is 21.2. The van der Waals surface area contributed by atoms with Crippen molar-refractivity contribution in [2.75, 3.05) is 13.1 Å². The Labute approximate surface area is 186 Å². The molecule has 3 aromatic rings. The number of aromatic nitrogens is 3. The van der Waals surface area contributed by atoms with Gasteiger partial charge in [-0.3, -0.25) is 19.3 Å². The van der Waals surface area contributed by atoms with Crippen molar-refractivity contribution in [3.63, 3.8) is 0 Å². The molecule has 9 heteroatoms. The van der Waals surface area contributed by atoms with Crippen molar-refractivity contribution in [1.82, 2.24) is 24.6 Å². The number of benzene rings is 1. The Hall–Kier alpha value is -2.71. The van der Waals surface area contributed by atoms with Crippen LogP contribution in [0.1, 0.15) is 37.7 Å². The smallest absolute Gasteiger partial charge is 0.275 e. The molecule has 2 aliphatic rings. The van der Waals surface area contributed by atoms with Gasteiger partial charge in [-0.25, -0.2) is 0 Å². The summed E-state index contributed by atoms with van der Waals surface area (Å²) in [4.78, 5) is 34.9. The van der Waals surface area contributed by atoms with Gasteiger partial charge in [0.15, 0.2) is 5.66 Å². The molecule has 0 N–H and O–H groups in total. The average molecular weight is 487 g/mol. The van der Waals surface area contributed by atoms with Crippen molar-refractivity contribution >= 4 is 39.3 Å². The molecule has 0 bridgehead atoms. The lowest BCUT2D eigenvalue weighted by Gasteiger charge is -2.40. The van der Waals surface area contributed by atoms with Crippen LogP contribution in [0.3, 0.4) is 0 Å². The number of carbonyl (C=O) groups is 2. The molecule has 1 unspecified atom stereocenters. The molecule has 0 spiro atoms. The Balaban J connectivity index is 1.77. The maximum Gasteiger partial charge on any atom is 0.275 e. The maximum atomic E-state index is 13.9. The van der Waals surface area contributed by atoms with Gasteiger partial charge in [0, 0.05) is 48.7 Å². The van der Waals surface area contributed by atoms with E-state index in [0.717, 1.165) is 11.3 Å². The summed E-state index contributed by atoms with van der Waals surface area (Å²) in [7, 11) is 1.74. The SMILES string of the molecule is Cc1nn(C)c(C(=O)N2CCN3C(=O)c4ccncc4C32c2ccc(Cl)cc2)c1Br. The molecule has 30 heavy (non-hydrogen) atoms. The third kappa shape index (κ3) is 2.37. The fourth-order valence-corrected chi connectivity index (χ4v) is 5.23. The molecule has 0 radical (unpaired) electrons. The lowest BCUT2D eigenvalue weighted by atomic mass is 9.91. The molecule has 1 saturated heterocycles. The van der Waals surface area contributed by atoms with E-state index < -0.39 is 5.66 Å². The number of hydrogen-bond donors (Lipinski definition) is 0. The van der Waals surface area contributed by atoms with Crippen LogP contribution in [0.5, 0.6) is 0 Å². The van der Waals surface area contributed by atoms with Crippen LogP contribution in [0.2, 0.25) is 5.02 Å². The first-order chi connectivity index (χ1) is 14.4. The molecule has 152 valence electrons. The third-order valence-corrected chi connectivity index (χ3v) is 7.05. The summed E-state index contributed by atoms with van der Waals surface area (Å²) >= 11 is 9.64. The van der Waals surface area contributed by atoms with E-state index in [1.54, 1.807) is 52.1 Å². The minimum Gasteiger partial charge on any atom is -0.306 e. The van der Waals surface area contributed by atoms with Crippen molar-refractivity contribution < 1.29 is 9.59 Å². The number of aryl methyl sites for hydroxylation is 2. The third-order valence-electron chi connectivity index (χ3n) is 5.84. The van der Waals surface area contributed by atoms with E-state index in [9.17, 15) is 9.59 Å². The molecule has 1 fully saturated rings. The lowest BCUT2D eigenvalue weighted by Crippen LogP contribution is -2.52. The molecule has 1 atom stereocenters. The van der Waals surface area contributed by atoms with Gasteiger partial charge in [-0.1, -0.05) is 23.7 Å². The monoisotopic (exact) mass is 485 g/mol. The minimum atomic E-state index is -1.08. The van der Waals surface area contributed by atoms with Gasteiger partial charge < -0.3 is 9.80 Å². The first-order valence-corrected chi connectivity index (χ1v) is 10.6. The molecular formula is C21H17BrClN5O2. The van der Waals surface area contributed by atoms with Crippen LogP contribution in [-0.2, 0) is 12.7 Å². The molecule has 0 aliphatic carbocycles. The Kier molecular flexibility index (Phi) is 4.27. The molecule has 2 aliphatic heterocycles. The fourth-order valence-electron chi connectivity index (χ4n) is 4.60. The predicted octanol–water partition coefficient (Wildman–Crippen LogP) is 3.35. The van der Waals surface area contributed by atoms with Gasteiger partial charge >= 0.3 is 0 Å². The number of fused-ring (bicyclic) bond motifs is 3. The number of halogens is 2. The summed E-state index contributed by atoms with van der Waals surface area (Å²) in [5, 5.41) is 4.95. The van der Waals surface area contributed by atoms with Crippen LogP contribution in [0.4, 0.5) is 0 Å². The molecular weight excluding hydrogens is 470 g/mol. The van der Waals surface area contributed by atoms with Gasteiger partial charge in [0.25, 0.3) is 11.8 Å². The van der Waals surface area contributed by atoms with Crippen LogP contribution < -0.4 is 0 Å². The molecule has 7 nitrogen and oxygen atoms in total. The topological polar surface area (TPSA) is 71.3 Å². The molecule has 2 amide bonds. The zero-order valence-electron chi connectivity index (χ0n) is 16.3. The first kappa shape index (κ1) is 19.3. The number of amides is 2. The van der Waals surface area contributed by atoms with Crippen molar-refractivity contribution in [2.45, 2.75) is 12.6 Å². The second-order valence-corrected chi connectivity index (χ2v) is 8.61. The average Bonchev–Trinajstić information content (AvgIpc) is 3.33. The maximum absolute atomic E-state index is 13.9. The molecule has 1 aromatic carbocycles. The van der Waals surface area contributed by atoms with Crippen molar-refractivity contribution in [3.8, 4) is 0 Å². The van der Waals surface area contributed by atoms with Crippen LogP contribution in [0.15, 0.2) is 47.2 Å². The quantitative estimate of drug-likeness (QED) is 0.557. The van der Waals surface area contributed by atoms with Gasteiger partial charge in [-0.15, -0.1) is 0 Å². The van der Waals surface area contributed by atoms with E-state index in [1.165, 1.54) is 0 Å². The highest BCUT2D eigenvalue weighted by atomic mass is 79.9. The Morgan fingerprint density at radius 2 is 1.93 bits per heavy atom. The number of hydrogen-bond acceptors (Lipinski definition) is 4. The summed E-state index contributed by atoms with van der Waals surface area (Å²) in [5.41, 5.74) is 2.11. The molecule has 0 saturated carbocycles. The van der Waals surface area contributed by atoms with Crippen LogP contribution in [0, 0.1) is 6.92 Å². The van der Waals surface area contributed by atoms with Crippen molar-refractivity contribution in [3.05, 3.63) is 80.3 Å². The van der Waals surface area contributed by atoms with Gasteiger partial charge in [0.2, 0.25) is 0 Å². The summed E-state index contributed by atoms with van der Waals surface area (Å²) in [6.45, 7) is 2.64. The van der Waals surface area contributed by atoms with Gasteiger partial charge in [-0.05, 0) is 41.1 Å². The normalized spacial score (nSPS) is 19.9. The number of rotatable bonds is 2. The Morgan fingerprint density at radius 1 is 1.20 bits per heavy atom. The van der Waals surface area contributed by atoms with Crippen LogP contribution >= 0.6 is 27.5 Å². The summed E-state index contributed by atoms with van der Waals surface area (Å²) < 4.78 is 2.22. The number of carbonyl (C=O) groups excluding carboxylic acids is 2. The van der Waals surface area contributed by atoms with E-state index in [1.807, 2.05) is 19.1 Å². The second-order valence-electron chi connectivity index (χ2n) is 7.39. The van der Waals surface area contributed by atoms with Crippen LogP contribution in [0.25, 0.3) is 0 Å². The largest absolute Gasteiger partial charge is 0.306 e. The fraction of sp³-hybridized carbons (Fsp3) is 0.238. The van der Waals surface area contributed by atoms with Gasteiger partial charge in [-0.2, -0.15) is 5.10 Å². The zero-order valence-corrected chi connectivity index (χ0v) is 18.6. The number of pyridine rings is 1. The van der Waals surface area contributed by atoms with Crippen LogP contribution in [-0.4, -0.2) is 49.5 Å². The molecule has 4 heterocycles. The van der Waals surface area contributed by atoms with Gasteiger partial charge in [0.1, 0.15) is 5.69 Å². The molecule has 2 aromatic heterocycles.